The highest BCUT2D eigenvalue weighted by molar-refractivity contribution is 14.1. The average molecular weight is 255 g/mol. The maximum absolute atomic E-state index is 3.43. The van der Waals surface area contributed by atoms with Crippen molar-refractivity contribution >= 4 is 22.6 Å². The minimum Gasteiger partial charge on any atom is -0.316 e. The molecule has 0 spiro atoms. The normalized spacial score (nSPS) is 13.5. The Morgan fingerprint density at radius 2 is 2.20 bits per heavy atom. The van der Waals surface area contributed by atoms with Crippen LogP contribution in [0.5, 0.6) is 0 Å². The first-order valence-corrected chi connectivity index (χ1v) is 5.60. The van der Waals surface area contributed by atoms with Crippen molar-refractivity contribution in [3.05, 3.63) is 0 Å². The van der Waals surface area contributed by atoms with E-state index in [0.717, 1.165) is 5.92 Å². The van der Waals surface area contributed by atoms with E-state index >= 15 is 0 Å². The number of rotatable bonds is 6. The van der Waals surface area contributed by atoms with Crippen LogP contribution in [-0.4, -0.2) is 17.5 Å². The van der Waals surface area contributed by atoms with Crippen molar-refractivity contribution in [1.82, 2.24) is 5.32 Å². The Balaban J connectivity index is 2.89. The number of hydrogen-bond acceptors (Lipinski definition) is 1. The molecule has 0 aromatic heterocycles. The van der Waals surface area contributed by atoms with Crippen LogP contribution in [0.15, 0.2) is 0 Å². The fraction of sp³-hybridized carbons (Fsp3) is 1.00. The molecule has 0 saturated carbocycles. The molecule has 0 rings (SSSR count). The van der Waals surface area contributed by atoms with Gasteiger partial charge in [0.2, 0.25) is 0 Å². The van der Waals surface area contributed by atoms with Crippen molar-refractivity contribution in [2.75, 3.05) is 17.5 Å². The fourth-order valence-electron chi connectivity index (χ4n) is 0.685. The molecule has 62 valence electrons. The quantitative estimate of drug-likeness (QED) is 0.436. The van der Waals surface area contributed by atoms with Gasteiger partial charge in [0.15, 0.2) is 0 Å². The first kappa shape index (κ1) is 10.7. The predicted molar refractivity (Wildman–Crippen MR) is 55.8 cm³/mol. The van der Waals surface area contributed by atoms with Crippen LogP contribution in [0.2, 0.25) is 0 Å². The van der Waals surface area contributed by atoms with E-state index in [2.05, 4.69) is 41.8 Å². The second kappa shape index (κ2) is 7.79. The van der Waals surface area contributed by atoms with E-state index in [9.17, 15) is 0 Å². The van der Waals surface area contributed by atoms with Gasteiger partial charge in [0.25, 0.3) is 0 Å². The van der Waals surface area contributed by atoms with Gasteiger partial charge >= 0.3 is 0 Å². The molecule has 0 radical (unpaired) electrons. The van der Waals surface area contributed by atoms with Gasteiger partial charge in [-0.1, -0.05) is 42.9 Å². The van der Waals surface area contributed by atoms with Crippen molar-refractivity contribution in [2.24, 2.45) is 5.92 Å². The summed E-state index contributed by atoms with van der Waals surface area (Å²) < 4.78 is 1.27. The monoisotopic (exact) mass is 255 g/mol. The SMILES string of the molecule is CCC(C)CNCCCI. The molecule has 0 bridgehead atoms. The van der Waals surface area contributed by atoms with Gasteiger partial charge in [-0.05, 0) is 25.4 Å². The Kier molecular flexibility index (Phi) is 8.33. The lowest BCUT2D eigenvalue weighted by molar-refractivity contribution is 0.501. The zero-order chi connectivity index (χ0) is 7.82. The van der Waals surface area contributed by atoms with Crippen LogP contribution in [0.25, 0.3) is 0 Å². The zero-order valence-corrected chi connectivity index (χ0v) is 9.15. The van der Waals surface area contributed by atoms with Crippen LogP contribution in [0.3, 0.4) is 0 Å². The van der Waals surface area contributed by atoms with E-state index in [-0.39, 0.29) is 0 Å². The number of halogens is 1. The zero-order valence-electron chi connectivity index (χ0n) is 6.99. The molecule has 10 heavy (non-hydrogen) atoms. The molecular formula is C8H18IN. The molecule has 0 amide bonds. The van der Waals surface area contributed by atoms with Crippen LogP contribution >= 0.6 is 22.6 Å². The van der Waals surface area contributed by atoms with Gasteiger partial charge in [0.05, 0.1) is 0 Å². The lowest BCUT2D eigenvalue weighted by atomic mass is 10.1. The summed E-state index contributed by atoms with van der Waals surface area (Å²) in [6.45, 7) is 6.90. The van der Waals surface area contributed by atoms with Crippen LogP contribution in [0.4, 0.5) is 0 Å². The highest BCUT2D eigenvalue weighted by Crippen LogP contribution is 1.97. The molecule has 0 fully saturated rings. The van der Waals surface area contributed by atoms with Gasteiger partial charge in [-0.3, -0.25) is 0 Å². The molecule has 0 heterocycles. The van der Waals surface area contributed by atoms with Crippen molar-refractivity contribution in [2.45, 2.75) is 26.7 Å². The standard InChI is InChI=1S/C8H18IN/c1-3-8(2)7-10-6-4-5-9/h8,10H,3-7H2,1-2H3. The molecular weight excluding hydrogens is 237 g/mol. The summed E-state index contributed by atoms with van der Waals surface area (Å²) in [5, 5.41) is 3.43. The van der Waals surface area contributed by atoms with Crippen LogP contribution in [0.1, 0.15) is 26.7 Å². The maximum Gasteiger partial charge on any atom is 0.000735 e. The summed E-state index contributed by atoms with van der Waals surface area (Å²) in [6, 6.07) is 0. The topological polar surface area (TPSA) is 12.0 Å². The summed E-state index contributed by atoms with van der Waals surface area (Å²) >= 11 is 2.41. The summed E-state index contributed by atoms with van der Waals surface area (Å²) in [5.74, 6) is 0.842. The highest BCUT2D eigenvalue weighted by Gasteiger charge is 1.95. The molecule has 0 aliphatic heterocycles. The van der Waals surface area contributed by atoms with Crippen LogP contribution in [0, 0.1) is 5.92 Å². The van der Waals surface area contributed by atoms with E-state index in [1.54, 1.807) is 0 Å². The summed E-state index contributed by atoms with van der Waals surface area (Å²) in [4.78, 5) is 0. The van der Waals surface area contributed by atoms with E-state index in [1.165, 1.54) is 30.4 Å². The van der Waals surface area contributed by atoms with Crippen molar-refractivity contribution < 1.29 is 0 Å². The molecule has 0 aromatic rings. The average Bonchev–Trinajstić information content (AvgIpc) is 1.98. The van der Waals surface area contributed by atoms with E-state index < -0.39 is 0 Å². The molecule has 1 nitrogen and oxygen atoms in total. The molecule has 0 aliphatic carbocycles. The molecule has 0 saturated heterocycles. The molecule has 1 unspecified atom stereocenters. The van der Waals surface area contributed by atoms with Gasteiger partial charge in [0.1, 0.15) is 0 Å². The molecule has 2 heteroatoms. The van der Waals surface area contributed by atoms with Gasteiger partial charge in [-0.25, -0.2) is 0 Å². The summed E-state index contributed by atoms with van der Waals surface area (Å²) in [7, 11) is 0. The smallest absolute Gasteiger partial charge is 0.000735 e. The maximum atomic E-state index is 3.43. The summed E-state index contributed by atoms with van der Waals surface area (Å²) in [6.07, 6.45) is 2.59. The van der Waals surface area contributed by atoms with E-state index in [1.807, 2.05) is 0 Å². The van der Waals surface area contributed by atoms with E-state index in [4.69, 9.17) is 0 Å². The Morgan fingerprint density at radius 1 is 1.50 bits per heavy atom. The van der Waals surface area contributed by atoms with Crippen molar-refractivity contribution in [1.29, 1.82) is 0 Å². The third-order valence-corrected chi connectivity index (χ3v) is 2.44. The first-order valence-electron chi connectivity index (χ1n) is 4.08. The van der Waals surface area contributed by atoms with Gasteiger partial charge in [-0.2, -0.15) is 0 Å². The number of alkyl halides is 1. The second-order valence-corrected chi connectivity index (χ2v) is 3.84. The molecule has 1 N–H and O–H groups in total. The highest BCUT2D eigenvalue weighted by atomic mass is 127. The third kappa shape index (κ3) is 6.81. The minimum atomic E-state index is 0.842. The Labute approximate surface area is 78.1 Å². The summed E-state index contributed by atoms with van der Waals surface area (Å²) in [5.41, 5.74) is 0. The lowest BCUT2D eigenvalue weighted by Crippen LogP contribution is -2.21. The molecule has 1 atom stereocenters. The fourth-order valence-corrected chi connectivity index (χ4v) is 1.07. The van der Waals surface area contributed by atoms with Crippen molar-refractivity contribution in [3.63, 3.8) is 0 Å². The first-order chi connectivity index (χ1) is 4.81. The van der Waals surface area contributed by atoms with Crippen LogP contribution < -0.4 is 5.32 Å². The minimum absolute atomic E-state index is 0.842. The Hall–Kier alpha value is 0.690. The van der Waals surface area contributed by atoms with E-state index in [0.29, 0.717) is 0 Å². The molecule has 0 aliphatic rings. The largest absolute Gasteiger partial charge is 0.316 e. The Morgan fingerprint density at radius 3 is 2.70 bits per heavy atom. The van der Waals surface area contributed by atoms with Crippen LogP contribution in [-0.2, 0) is 0 Å². The number of hydrogen-bond donors (Lipinski definition) is 1. The van der Waals surface area contributed by atoms with Gasteiger partial charge in [0, 0.05) is 4.43 Å². The second-order valence-electron chi connectivity index (χ2n) is 2.76. The number of nitrogens with one attached hydrogen (secondary N) is 1. The van der Waals surface area contributed by atoms with Gasteiger partial charge in [-0.15, -0.1) is 0 Å². The van der Waals surface area contributed by atoms with Crippen molar-refractivity contribution in [3.8, 4) is 0 Å². The molecule has 0 aromatic carbocycles. The lowest BCUT2D eigenvalue weighted by Gasteiger charge is -2.08. The van der Waals surface area contributed by atoms with Gasteiger partial charge < -0.3 is 5.32 Å². The third-order valence-electron chi connectivity index (χ3n) is 1.68. The Bertz CT molecular complexity index is 66.3. The predicted octanol–water partition coefficient (Wildman–Crippen LogP) is 2.45.